The van der Waals surface area contributed by atoms with Gasteiger partial charge in [0.2, 0.25) is 0 Å². The number of alkyl halides is 3. The van der Waals surface area contributed by atoms with Gasteiger partial charge in [-0.3, -0.25) is 9.98 Å². The van der Waals surface area contributed by atoms with Crippen LogP contribution in [0, 0.1) is 12.3 Å². The van der Waals surface area contributed by atoms with Crippen molar-refractivity contribution in [2.24, 2.45) is 16.1 Å². The summed E-state index contributed by atoms with van der Waals surface area (Å²) in [5.41, 5.74) is 10.4. The van der Waals surface area contributed by atoms with E-state index in [-0.39, 0.29) is 11.5 Å². The highest BCUT2D eigenvalue weighted by atomic mass is 32.2. The third-order valence-electron chi connectivity index (χ3n) is 6.84. The van der Waals surface area contributed by atoms with Gasteiger partial charge in [0.25, 0.3) is 0 Å². The number of rotatable bonds is 10. The lowest BCUT2D eigenvalue weighted by molar-refractivity contribution is -0.118. The topological polar surface area (TPSA) is 84.7 Å². The van der Waals surface area contributed by atoms with Gasteiger partial charge in [0, 0.05) is 42.1 Å². The maximum atomic E-state index is 12.2. The number of fused-ring (bicyclic) bond motifs is 2. The van der Waals surface area contributed by atoms with Crippen molar-refractivity contribution in [2.45, 2.75) is 50.9 Å². The normalized spacial score (nSPS) is 19.6. The number of allylic oxidation sites excluding steroid dienone is 2. The second-order valence-electron chi connectivity index (χ2n) is 9.66. The molecule has 0 bridgehead atoms. The molecule has 3 aromatic heterocycles. The van der Waals surface area contributed by atoms with Crippen molar-refractivity contribution in [3.8, 4) is 0 Å². The first kappa shape index (κ1) is 27.8. The number of aliphatic imine (C=N–C) groups is 1. The predicted octanol–water partition coefficient (Wildman–Crippen LogP) is 5.71. The van der Waals surface area contributed by atoms with Crippen LogP contribution in [0.5, 0.6) is 0 Å². The highest BCUT2D eigenvalue weighted by Crippen LogP contribution is 2.45. The average Bonchev–Trinajstić information content (AvgIpc) is 3.44. The fourth-order valence-electron chi connectivity index (χ4n) is 4.72. The molecule has 0 amide bonds. The van der Waals surface area contributed by atoms with Crippen LogP contribution in [0.1, 0.15) is 43.3 Å². The van der Waals surface area contributed by atoms with E-state index in [9.17, 15) is 13.2 Å². The van der Waals surface area contributed by atoms with Crippen LogP contribution in [0.4, 0.5) is 19.0 Å². The van der Waals surface area contributed by atoms with Gasteiger partial charge >= 0.3 is 6.18 Å². The Morgan fingerprint density at radius 3 is 2.87 bits per heavy atom. The van der Waals surface area contributed by atoms with Gasteiger partial charge in [-0.2, -0.15) is 18.3 Å². The summed E-state index contributed by atoms with van der Waals surface area (Å²) in [7, 11) is 0. The van der Waals surface area contributed by atoms with Crippen LogP contribution in [0.3, 0.4) is 0 Å². The van der Waals surface area contributed by atoms with Gasteiger partial charge in [0.15, 0.2) is 5.82 Å². The molecule has 3 aromatic rings. The molecule has 11 heteroatoms. The van der Waals surface area contributed by atoms with E-state index >= 15 is 0 Å². The summed E-state index contributed by atoms with van der Waals surface area (Å²) >= 11 is 1.35. The van der Waals surface area contributed by atoms with Crippen molar-refractivity contribution in [2.75, 3.05) is 24.5 Å². The zero-order valence-electron chi connectivity index (χ0n) is 21.7. The average molecular weight is 544 g/mol. The highest BCUT2D eigenvalue weighted by Gasteiger charge is 2.41. The molecular weight excluding hydrogens is 511 g/mol. The van der Waals surface area contributed by atoms with Crippen LogP contribution in [-0.4, -0.2) is 51.6 Å². The first-order valence-electron chi connectivity index (χ1n) is 12.4. The van der Waals surface area contributed by atoms with Gasteiger partial charge in [-0.15, -0.1) is 0 Å². The molecule has 2 atom stereocenters. The number of thioether (sulfide) groups is 1. The lowest BCUT2D eigenvalue weighted by atomic mass is 9.80. The summed E-state index contributed by atoms with van der Waals surface area (Å²) in [6, 6.07) is 5.88. The maximum Gasteiger partial charge on any atom is 0.407 e. The van der Waals surface area contributed by atoms with Crippen molar-refractivity contribution >= 4 is 29.3 Å². The van der Waals surface area contributed by atoms with E-state index in [4.69, 9.17) is 10.7 Å². The van der Waals surface area contributed by atoms with E-state index in [0.717, 1.165) is 65.5 Å². The Hall–Kier alpha value is -3.18. The van der Waals surface area contributed by atoms with Gasteiger partial charge in [0.05, 0.1) is 11.9 Å². The Balaban J connectivity index is 1.49. The summed E-state index contributed by atoms with van der Waals surface area (Å²) in [5.74, 6) is 0.845. The van der Waals surface area contributed by atoms with Crippen LogP contribution >= 0.6 is 11.8 Å². The monoisotopic (exact) mass is 543 g/mol. The highest BCUT2D eigenvalue weighted by molar-refractivity contribution is 8.03. The standard InChI is InChI=1S/C27H32F3N7S/c1-5-36(15-11-26(4)16-21-20(23(26)31)9-7-13-33-21)24-22-10-14-34-37(22)25(19(3)35-24)38-18(2)8-6-12-32-17-27(28,29)30/h6-10,12-14,23H,2,5,11,15-17,31H2,1,3-4H3/b8-6-,32-12-/t23-,26?/m1/s1. The van der Waals surface area contributed by atoms with Gasteiger partial charge in [0.1, 0.15) is 17.1 Å². The number of hydrogen-bond acceptors (Lipinski definition) is 7. The molecule has 0 aliphatic heterocycles. The van der Waals surface area contributed by atoms with Gasteiger partial charge in [-0.05, 0) is 62.0 Å². The van der Waals surface area contributed by atoms with Crippen molar-refractivity contribution in [1.29, 1.82) is 0 Å². The van der Waals surface area contributed by atoms with Crippen LogP contribution < -0.4 is 10.6 Å². The van der Waals surface area contributed by atoms with E-state index in [0.29, 0.717) is 4.91 Å². The van der Waals surface area contributed by atoms with Crippen molar-refractivity contribution in [3.63, 3.8) is 0 Å². The fourth-order valence-corrected chi connectivity index (χ4v) is 5.54. The van der Waals surface area contributed by atoms with Crippen molar-refractivity contribution in [3.05, 3.63) is 71.2 Å². The lowest BCUT2D eigenvalue weighted by Gasteiger charge is -2.33. The number of aromatic nitrogens is 4. The second-order valence-corrected chi connectivity index (χ2v) is 10.8. The van der Waals surface area contributed by atoms with Crippen LogP contribution in [0.15, 0.2) is 64.2 Å². The maximum absolute atomic E-state index is 12.2. The van der Waals surface area contributed by atoms with Crippen LogP contribution in [0.2, 0.25) is 0 Å². The molecule has 1 aliphatic rings. The van der Waals surface area contributed by atoms with Crippen LogP contribution in [0.25, 0.3) is 5.52 Å². The Labute approximate surface area is 224 Å². The molecular formula is C27H32F3N7S. The fraction of sp³-hybridized carbons (Fsp3) is 0.407. The largest absolute Gasteiger partial charge is 0.407 e. The smallest absolute Gasteiger partial charge is 0.355 e. The molecule has 0 radical (unpaired) electrons. The first-order chi connectivity index (χ1) is 18.0. The van der Waals surface area contributed by atoms with Crippen molar-refractivity contribution < 1.29 is 13.2 Å². The summed E-state index contributed by atoms with van der Waals surface area (Å²) in [6.45, 7) is 10.6. The molecule has 0 saturated carbocycles. The second kappa shape index (κ2) is 11.3. The van der Waals surface area contributed by atoms with Gasteiger partial charge in [-0.1, -0.05) is 31.3 Å². The molecule has 3 heterocycles. The van der Waals surface area contributed by atoms with E-state index in [2.05, 4.69) is 46.5 Å². The zero-order valence-corrected chi connectivity index (χ0v) is 22.6. The van der Waals surface area contributed by atoms with Gasteiger partial charge < -0.3 is 10.6 Å². The summed E-state index contributed by atoms with van der Waals surface area (Å²) < 4.78 is 38.6. The minimum absolute atomic E-state index is 0.0639. The molecule has 7 nitrogen and oxygen atoms in total. The molecule has 0 aromatic carbocycles. The van der Waals surface area contributed by atoms with Crippen molar-refractivity contribution in [1.82, 2.24) is 19.6 Å². The number of nitrogens with zero attached hydrogens (tertiary/aromatic N) is 6. The quantitative estimate of drug-likeness (QED) is 0.200. The van der Waals surface area contributed by atoms with E-state index in [1.54, 1.807) is 12.3 Å². The summed E-state index contributed by atoms with van der Waals surface area (Å²) in [4.78, 5) is 15.7. The SMILES string of the molecule is C=C(/C=C\C=N/CC(F)(F)F)Sc1c(C)nc(N(CC)CCC2(C)Cc3ncccc3[C@H]2N)c2ccnn12. The first-order valence-corrected chi connectivity index (χ1v) is 13.2. The Kier molecular flexibility index (Phi) is 8.27. The molecule has 0 spiro atoms. The predicted molar refractivity (Wildman–Crippen MR) is 147 cm³/mol. The molecule has 2 N–H and O–H groups in total. The third-order valence-corrected chi connectivity index (χ3v) is 7.90. The van der Waals surface area contributed by atoms with E-state index in [1.807, 2.05) is 29.8 Å². The van der Waals surface area contributed by atoms with E-state index in [1.165, 1.54) is 17.8 Å². The minimum atomic E-state index is -4.32. The third kappa shape index (κ3) is 6.10. The lowest BCUT2D eigenvalue weighted by Crippen LogP contribution is -2.35. The Morgan fingerprint density at radius 1 is 1.37 bits per heavy atom. The molecule has 202 valence electrons. The molecule has 0 fully saturated rings. The Morgan fingerprint density at radius 2 is 2.16 bits per heavy atom. The molecule has 38 heavy (non-hydrogen) atoms. The number of pyridine rings is 1. The number of halogens is 3. The molecule has 0 saturated heterocycles. The summed E-state index contributed by atoms with van der Waals surface area (Å²) in [6.07, 6.45) is 5.16. The molecule has 4 rings (SSSR count). The molecule has 1 aliphatic carbocycles. The minimum Gasteiger partial charge on any atom is -0.355 e. The van der Waals surface area contributed by atoms with Gasteiger partial charge in [-0.25, -0.2) is 9.50 Å². The summed E-state index contributed by atoms with van der Waals surface area (Å²) in [5, 5.41) is 5.31. The number of anilines is 1. The molecule has 1 unspecified atom stereocenters. The van der Waals surface area contributed by atoms with Crippen LogP contribution in [-0.2, 0) is 6.42 Å². The number of nitrogens with two attached hydrogens (primary N) is 1. The van der Waals surface area contributed by atoms with E-state index < -0.39 is 12.7 Å². The zero-order chi connectivity index (χ0) is 27.5. The number of aryl methyl sites for hydroxylation is 1. The Bertz CT molecular complexity index is 1360. The number of hydrogen-bond donors (Lipinski definition) is 1.